The molecule has 1 aromatic rings. The van der Waals surface area contributed by atoms with Crippen molar-refractivity contribution in [1.82, 2.24) is 10.3 Å². The standard InChI is InChI=1S/C10H18N2S/c1-3-5-6-11-9(4-2)10-12-7-8-13-10/h7-9,11H,3-6H2,1-2H3. The lowest BCUT2D eigenvalue weighted by Gasteiger charge is -2.13. The Balaban J connectivity index is 2.35. The maximum atomic E-state index is 4.32. The maximum Gasteiger partial charge on any atom is 0.109 e. The molecule has 1 rings (SSSR count). The Morgan fingerprint density at radius 2 is 2.38 bits per heavy atom. The van der Waals surface area contributed by atoms with Crippen LogP contribution in [-0.4, -0.2) is 11.5 Å². The van der Waals surface area contributed by atoms with Crippen molar-refractivity contribution >= 4 is 11.3 Å². The van der Waals surface area contributed by atoms with Gasteiger partial charge in [-0.3, -0.25) is 0 Å². The van der Waals surface area contributed by atoms with E-state index >= 15 is 0 Å². The molecule has 0 spiro atoms. The first-order valence-electron chi connectivity index (χ1n) is 5.01. The Morgan fingerprint density at radius 3 is 2.92 bits per heavy atom. The van der Waals surface area contributed by atoms with Gasteiger partial charge in [0.1, 0.15) is 5.01 Å². The first kappa shape index (κ1) is 10.7. The smallest absolute Gasteiger partial charge is 0.109 e. The van der Waals surface area contributed by atoms with E-state index in [4.69, 9.17) is 0 Å². The normalized spacial score (nSPS) is 13.1. The van der Waals surface area contributed by atoms with Gasteiger partial charge in [0.25, 0.3) is 0 Å². The summed E-state index contributed by atoms with van der Waals surface area (Å²) in [6.07, 6.45) is 5.50. The van der Waals surface area contributed by atoms with Gasteiger partial charge in [0.05, 0.1) is 6.04 Å². The third-order valence-corrected chi connectivity index (χ3v) is 2.97. The quantitative estimate of drug-likeness (QED) is 0.711. The summed E-state index contributed by atoms with van der Waals surface area (Å²) < 4.78 is 0. The molecule has 1 N–H and O–H groups in total. The predicted octanol–water partition coefficient (Wildman–Crippen LogP) is 2.98. The van der Waals surface area contributed by atoms with Gasteiger partial charge in [-0.25, -0.2) is 4.98 Å². The van der Waals surface area contributed by atoms with Crippen molar-refractivity contribution in [1.29, 1.82) is 0 Å². The molecule has 0 saturated carbocycles. The summed E-state index contributed by atoms with van der Waals surface area (Å²) in [5.74, 6) is 0. The average Bonchev–Trinajstić information content (AvgIpc) is 2.65. The lowest BCUT2D eigenvalue weighted by Crippen LogP contribution is -2.21. The molecule has 0 aliphatic carbocycles. The lowest BCUT2D eigenvalue weighted by molar-refractivity contribution is 0.506. The van der Waals surface area contributed by atoms with Gasteiger partial charge in [0.2, 0.25) is 0 Å². The maximum absolute atomic E-state index is 4.32. The van der Waals surface area contributed by atoms with Crippen LogP contribution in [0.1, 0.15) is 44.2 Å². The molecule has 0 aliphatic rings. The van der Waals surface area contributed by atoms with Crippen LogP contribution < -0.4 is 5.32 Å². The number of thiazole rings is 1. The monoisotopic (exact) mass is 198 g/mol. The molecule has 2 nitrogen and oxygen atoms in total. The second-order valence-electron chi connectivity index (χ2n) is 3.14. The van der Waals surface area contributed by atoms with E-state index in [1.54, 1.807) is 11.3 Å². The number of unbranched alkanes of at least 4 members (excludes halogenated alkanes) is 1. The number of rotatable bonds is 6. The van der Waals surface area contributed by atoms with Crippen molar-refractivity contribution in [3.8, 4) is 0 Å². The summed E-state index contributed by atoms with van der Waals surface area (Å²) in [5.41, 5.74) is 0. The highest BCUT2D eigenvalue weighted by atomic mass is 32.1. The molecule has 1 unspecified atom stereocenters. The van der Waals surface area contributed by atoms with Crippen molar-refractivity contribution < 1.29 is 0 Å². The highest BCUT2D eigenvalue weighted by Gasteiger charge is 2.09. The Hall–Kier alpha value is -0.410. The van der Waals surface area contributed by atoms with E-state index in [9.17, 15) is 0 Å². The molecule has 0 aromatic carbocycles. The van der Waals surface area contributed by atoms with Gasteiger partial charge >= 0.3 is 0 Å². The van der Waals surface area contributed by atoms with E-state index in [1.807, 2.05) is 11.6 Å². The molecule has 0 saturated heterocycles. The predicted molar refractivity (Wildman–Crippen MR) is 58.1 cm³/mol. The van der Waals surface area contributed by atoms with Crippen LogP contribution in [-0.2, 0) is 0 Å². The van der Waals surface area contributed by atoms with E-state index in [0.29, 0.717) is 6.04 Å². The highest BCUT2D eigenvalue weighted by Crippen LogP contribution is 2.18. The van der Waals surface area contributed by atoms with E-state index in [-0.39, 0.29) is 0 Å². The number of hydrogen-bond donors (Lipinski definition) is 1. The van der Waals surface area contributed by atoms with Gasteiger partial charge in [0, 0.05) is 11.6 Å². The van der Waals surface area contributed by atoms with Crippen LogP contribution in [0.15, 0.2) is 11.6 Å². The first-order valence-corrected chi connectivity index (χ1v) is 5.89. The van der Waals surface area contributed by atoms with E-state index < -0.39 is 0 Å². The molecule has 1 atom stereocenters. The zero-order valence-corrected chi connectivity index (χ0v) is 9.23. The minimum absolute atomic E-state index is 0.464. The molecule has 1 heterocycles. The molecule has 13 heavy (non-hydrogen) atoms. The third-order valence-electron chi connectivity index (χ3n) is 2.08. The van der Waals surface area contributed by atoms with Gasteiger partial charge in [0.15, 0.2) is 0 Å². The molecular weight excluding hydrogens is 180 g/mol. The van der Waals surface area contributed by atoms with Crippen molar-refractivity contribution in [3.05, 3.63) is 16.6 Å². The van der Waals surface area contributed by atoms with Crippen molar-refractivity contribution in [3.63, 3.8) is 0 Å². The summed E-state index contributed by atoms with van der Waals surface area (Å²) in [6.45, 7) is 5.52. The lowest BCUT2D eigenvalue weighted by atomic mass is 10.2. The fraction of sp³-hybridized carbons (Fsp3) is 0.700. The summed E-state index contributed by atoms with van der Waals surface area (Å²) in [7, 11) is 0. The van der Waals surface area contributed by atoms with Gasteiger partial charge in [-0.05, 0) is 19.4 Å². The SMILES string of the molecule is CCCCNC(CC)c1nccs1. The van der Waals surface area contributed by atoms with Crippen LogP contribution in [0, 0.1) is 0 Å². The van der Waals surface area contributed by atoms with Crippen LogP contribution in [0.2, 0.25) is 0 Å². The Labute approximate surface area is 84.4 Å². The van der Waals surface area contributed by atoms with E-state index in [0.717, 1.165) is 13.0 Å². The molecule has 1 aromatic heterocycles. The zero-order chi connectivity index (χ0) is 9.52. The van der Waals surface area contributed by atoms with Crippen molar-refractivity contribution in [2.45, 2.75) is 39.2 Å². The van der Waals surface area contributed by atoms with Gasteiger partial charge < -0.3 is 5.32 Å². The van der Waals surface area contributed by atoms with Gasteiger partial charge in [-0.1, -0.05) is 20.3 Å². The molecule has 0 aliphatic heterocycles. The highest BCUT2D eigenvalue weighted by molar-refractivity contribution is 7.09. The van der Waals surface area contributed by atoms with Gasteiger partial charge in [-0.2, -0.15) is 0 Å². The number of nitrogens with zero attached hydrogens (tertiary/aromatic N) is 1. The molecule has 74 valence electrons. The van der Waals surface area contributed by atoms with E-state index in [1.165, 1.54) is 17.8 Å². The summed E-state index contributed by atoms with van der Waals surface area (Å²) in [4.78, 5) is 4.32. The van der Waals surface area contributed by atoms with Gasteiger partial charge in [-0.15, -0.1) is 11.3 Å². The Kier molecular flexibility index (Phi) is 5.01. The largest absolute Gasteiger partial charge is 0.308 e. The minimum Gasteiger partial charge on any atom is -0.308 e. The van der Waals surface area contributed by atoms with Crippen LogP contribution in [0.25, 0.3) is 0 Å². The first-order chi connectivity index (χ1) is 6.38. The van der Waals surface area contributed by atoms with Crippen LogP contribution in [0.3, 0.4) is 0 Å². The summed E-state index contributed by atoms with van der Waals surface area (Å²) in [5, 5.41) is 6.78. The molecule has 0 bridgehead atoms. The topological polar surface area (TPSA) is 24.9 Å². The minimum atomic E-state index is 0.464. The van der Waals surface area contributed by atoms with Crippen molar-refractivity contribution in [2.75, 3.05) is 6.54 Å². The summed E-state index contributed by atoms with van der Waals surface area (Å²) >= 11 is 1.74. The number of hydrogen-bond acceptors (Lipinski definition) is 3. The molecule has 0 amide bonds. The fourth-order valence-corrected chi connectivity index (χ4v) is 2.06. The third kappa shape index (κ3) is 3.44. The number of nitrogens with one attached hydrogen (secondary N) is 1. The molecule has 0 radical (unpaired) electrons. The van der Waals surface area contributed by atoms with Crippen molar-refractivity contribution in [2.24, 2.45) is 0 Å². The average molecular weight is 198 g/mol. The Morgan fingerprint density at radius 1 is 1.54 bits per heavy atom. The van der Waals surface area contributed by atoms with Crippen LogP contribution in [0.4, 0.5) is 0 Å². The number of aromatic nitrogens is 1. The van der Waals surface area contributed by atoms with Crippen LogP contribution >= 0.6 is 11.3 Å². The fourth-order valence-electron chi connectivity index (χ4n) is 1.27. The second kappa shape index (κ2) is 6.11. The second-order valence-corrected chi connectivity index (χ2v) is 4.06. The molecular formula is C10H18N2S. The van der Waals surface area contributed by atoms with E-state index in [2.05, 4.69) is 24.1 Å². The molecule has 3 heteroatoms. The Bertz CT molecular complexity index is 209. The summed E-state index contributed by atoms with van der Waals surface area (Å²) in [6, 6.07) is 0.464. The van der Waals surface area contributed by atoms with Crippen LogP contribution in [0.5, 0.6) is 0 Å². The molecule has 0 fully saturated rings. The zero-order valence-electron chi connectivity index (χ0n) is 8.42.